The van der Waals surface area contributed by atoms with Crippen LogP contribution < -0.4 is 0 Å². The monoisotopic (exact) mass is 327 g/mol. The van der Waals surface area contributed by atoms with Gasteiger partial charge in [-0.15, -0.1) is 12.6 Å². The van der Waals surface area contributed by atoms with Gasteiger partial charge in [-0.3, -0.25) is 0 Å². The van der Waals surface area contributed by atoms with Gasteiger partial charge in [0.15, 0.2) is 0 Å². The number of aromatic nitrogens is 1. The number of rotatable bonds is 2. The number of aryl methyl sites for hydroxylation is 1. The van der Waals surface area contributed by atoms with Crippen molar-refractivity contribution in [3.05, 3.63) is 64.3 Å². The third-order valence-electron chi connectivity index (χ3n) is 4.63. The highest BCUT2D eigenvalue weighted by Crippen LogP contribution is 2.35. The van der Waals surface area contributed by atoms with Crippen LogP contribution in [0.4, 0.5) is 0 Å². The summed E-state index contributed by atoms with van der Waals surface area (Å²) in [5, 5.41) is 2.18. The summed E-state index contributed by atoms with van der Waals surface area (Å²) in [5.41, 5.74) is 5.60. The van der Waals surface area contributed by atoms with E-state index in [0.29, 0.717) is 0 Å². The van der Waals surface area contributed by atoms with Crippen LogP contribution in [0, 0.1) is 0 Å². The van der Waals surface area contributed by atoms with E-state index in [-0.39, 0.29) is 0 Å². The Hall–Kier alpha value is -1.38. The SMILES string of the molecule is Sc1cccc2c3c(n(Cc4ccc(Cl)cc4)c12)CCCC3. The van der Waals surface area contributed by atoms with Crippen molar-refractivity contribution in [2.75, 3.05) is 0 Å². The molecule has 2 aromatic carbocycles. The first kappa shape index (κ1) is 14.2. The summed E-state index contributed by atoms with van der Waals surface area (Å²) in [6, 6.07) is 14.6. The maximum atomic E-state index is 6.01. The summed E-state index contributed by atoms with van der Waals surface area (Å²) in [7, 11) is 0. The van der Waals surface area contributed by atoms with Crippen molar-refractivity contribution in [3.8, 4) is 0 Å². The van der Waals surface area contributed by atoms with Gasteiger partial charge in [0.1, 0.15) is 0 Å². The first-order valence-corrected chi connectivity index (χ1v) is 8.63. The highest BCUT2D eigenvalue weighted by molar-refractivity contribution is 7.80. The molecule has 0 amide bonds. The van der Waals surface area contributed by atoms with Crippen molar-refractivity contribution in [2.24, 2.45) is 0 Å². The zero-order valence-corrected chi connectivity index (χ0v) is 14.0. The minimum atomic E-state index is 0.790. The molecule has 1 aliphatic carbocycles. The molecule has 0 unspecified atom stereocenters. The quantitative estimate of drug-likeness (QED) is 0.592. The molecule has 4 rings (SSSR count). The van der Waals surface area contributed by atoms with Gasteiger partial charge in [0.05, 0.1) is 5.52 Å². The molecule has 112 valence electrons. The Bertz CT molecular complexity index is 833. The molecule has 3 aromatic rings. The molecule has 0 bridgehead atoms. The van der Waals surface area contributed by atoms with E-state index in [0.717, 1.165) is 16.5 Å². The van der Waals surface area contributed by atoms with Crippen molar-refractivity contribution < 1.29 is 0 Å². The highest BCUT2D eigenvalue weighted by Gasteiger charge is 2.21. The minimum absolute atomic E-state index is 0.790. The fraction of sp³-hybridized carbons (Fsp3) is 0.263. The smallest absolute Gasteiger partial charge is 0.0624 e. The number of thiol groups is 1. The molecule has 0 fully saturated rings. The van der Waals surface area contributed by atoms with E-state index in [2.05, 4.69) is 34.9 Å². The predicted octanol–water partition coefficient (Wildman–Crippen LogP) is 5.51. The lowest BCUT2D eigenvalue weighted by Gasteiger charge is -2.16. The van der Waals surface area contributed by atoms with E-state index in [1.54, 1.807) is 0 Å². The number of benzene rings is 2. The molecule has 1 aromatic heterocycles. The lowest BCUT2D eigenvalue weighted by atomic mass is 9.95. The molecular weight excluding hydrogens is 310 g/mol. The maximum absolute atomic E-state index is 6.01. The maximum Gasteiger partial charge on any atom is 0.0624 e. The molecule has 0 radical (unpaired) electrons. The third kappa shape index (κ3) is 2.35. The molecule has 3 heteroatoms. The topological polar surface area (TPSA) is 4.93 Å². The van der Waals surface area contributed by atoms with Crippen LogP contribution in [-0.2, 0) is 19.4 Å². The summed E-state index contributed by atoms with van der Waals surface area (Å²) < 4.78 is 2.47. The Morgan fingerprint density at radius 1 is 1.00 bits per heavy atom. The molecule has 0 N–H and O–H groups in total. The lowest BCUT2D eigenvalue weighted by molar-refractivity contribution is 0.637. The molecule has 0 spiro atoms. The van der Waals surface area contributed by atoms with Gasteiger partial charge in [0.25, 0.3) is 0 Å². The largest absolute Gasteiger partial charge is 0.339 e. The molecule has 0 aliphatic heterocycles. The minimum Gasteiger partial charge on any atom is -0.339 e. The molecule has 0 saturated carbocycles. The number of halogens is 1. The van der Waals surface area contributed by atoms with Crippen LogP contribution >= 0.6 is 24.2 Å². The predicted molar refractivity (Wildman–Crippen MR) is 96.4 cm³/mol. The normalized spacial score (nSPS) is 14.3. The van der Waals surface area contributed by atoms with Gasteiger partial charge in [-0.1, -0.05) is 35.9 Å². The molecule has 22 heavy (non-hydrogen) atoms. The third-order valence-corrected chi connectivity index (χ3v) is 5.24. The van der Waals surface area contributed by atoms with Crippen molar-refractivity contribution in [1.29, 1.82) is 0 Å². The average Bonchev–Trinajstić information content (AvgIpc) is 2.86. The average molecular weight is 328 g/mol. The Labute approximate surface area is 141 Å². The zero-order valence-electron chi connectivity index (χ0n) is 12.3. The molecule has 0 saturated heterocycles. The highest BCUT2D eigenvalue weighted by atomic mass is 35.5. The summed E-state index contributed by atoms with van der Waals surface area (Å²) in [6.45, 7) is 0.889. The first-order valence-electron chi connectivity index (χ1n) is 7.80. The van der Waals surface area contributed by atoms with E-state index in [1.807, 2.05) is 12.1 Å². The van der Waals surface area contributed by atoms with Crippen LogP contribution in [0.1, 0.15) is 29.7 Å². The second kappa shape index (κ2) is 5.68. The lowest BCUT2D eigenvalue weighted by Crippen LogP contribution is -2.09. The van der Waals surface area contributed by atoms with Gasteiger partial charge < -0.3 is 4.57 Å². The summed E-state index contributed by atoms with van der Waals surface area (Å²) in [6.07, 6.45) is 4.94. The van der Waals surface area contributed by atoms with Crippen LogP contribution in [0.5, 0.6) is 0 Å². The number of nitrogens with zero attached hydrogens (tertiary/aromatic N) is 1. The Kier molecular flexibility index (Phi) is 3.67. The van der Waals surface area contributed by atoms with Crippen LogP contribution in [0.25, 0.3) is 10.9 Å². The second-order valence-corrected chi connectivity index (χ2v) is 6.94. The first-order chi connectivity index (χ1) is 10.7. The summed E-state index contributed by atoms with van der Waals surface area (Å²) in [5.74, 6) is 0. The van der Waals surface area contributed by atoms with Crippen LogP contribution in [0.3, 0.4) is 0 Å². The van der Waals surface area contributed by atoms with Crippen molar-refractivity contribution in [1.82, 2.24) is 4.57 Å². The molecule has 1 aliphatic rings. The molecule has 0 atom stereocenters. The van der Waals surface area contributed by atoms with E-state index >= 15 is 0 Å². The van der Waals surface area contributed by atoms with Crippen molar-refractivity contribution >= 4 is 35.1 Å². The number of para-hydroxylation sites is 1. The van der Waals surface area contributed by atoms with E-state index in [9.17, 15) is 0 Å². The van der Waals surface area contributed by atoms with Gasteiger partial charge in [-0.25, -0.2) is 0 Å². The van der Waals surface area contributed by atoms with Crippen LogP contribution in [-0.4, -0.2) is 4.57 Å². The van der Waals surface area contributed by atoms with Gasteiger partial charge in [0, 0.05) is 27.5 Å². The standard InChI is InChI=1S/C19H18ClNS/c20-14-10-8-13(9-11-14)12-21-17-6-2-1-4-15(17)16-5-3-7-18(22)19(16)21/h3,5,7-11,22H,1-2,4,6,12H2. The van der Waals surface area contributed by atoms with E-state index in [4.69, 9.17) is 24.2 Å². The van der Waals surface area contributed by atoms with Crippen LogP contribution in [0.15, 0.2) is 47.4 Å². The number of fused-ring (bicyclic) bond motifs is 3. The second-order valence-electron chi connectivity index (χ2n) is 6.02. The molecule has 1 nitrogen and oxygen atoms in total. The zero-order chi connectivity index (χ0) is 15.1. The van der Waals surface area contributed by atoms with Crippen molar-refractivity contribution in [2.45, 2.75) is 37.1 Å². The van der Waals surface area contributed by atoms with E-state index in [1.165, 1.54) is 53.4 Å². The van der Waals surface area contributed by atoms with Gasteiger partial charge in [0.2, 0.25) is 0 Å². The number of hydrogen-bond acceptors (Lipinski definition) is 1. The Balaban J connectivity index is 1.90. The van der Waals surface area contributed by atoms with Gasteiger partial charge in [-0.05, 0) is 55.0 Å². The van der Waals surface area contributed by atoms with Crippen LogP contribution in [0.2, 0.25) is 5.02 Å². The Morgan fingerprint density at radius 2 is 1.77 bits per heavy atom. The molecular formula is C19H18ClNS. The summed E-state index contributed by atoms with van der Waals surface area (Å²) in [4.78, 5) is 1.07. The molecule has 1 heterocycles. The fourth-order valence-electron chi connectivity index (χ4n) is 3.62. The Morgan fingerprint density at radius 3 is 2.59 bits per heavy atom. The van der Waals surface area contributed by atoms with Gasteiger partial charge >= 0.3 is 0 Å². The fourth-order valence-corrected chi connectivity index (χ4v) is 4.07. The van der Waals surface area contributed by atoms with Crippen molar-refractivity contribution in [3.63, 3.8) is 0 Å². The van der Waals surface area contributed by atoms with E-state index < -0.39 is 0 Å². The number of hydrogen-bond donors (Lipinski definition) is 1. The summed E-state index contributed by atoms with van der Waals surface area (Å²) >= 11 is 10.7. The van der Waals surface area contributed by atoms with Gasteiger partial charge in [-0.2, -0.15) is 0 Å².